The van der Waals surface area contributed by atoms with Crippen LogP contribution in [0.25, 0.3) is 0 Å². The second kappa shape index (κ2) is 6.68. The molecule has 0 aliphatic rings. The molecule has 2 nitrogen and oxygen atoms in total. The molecule has 0 aliphatic carbocycles. The van der Waals surface area contributed by atoms with Crippen LogP contribution in [0.2, 0.25) is 0 Å². The number of aliphatic hydroxyl groups excluding tert-OH is 1. The van der Waals surface area contributed by atoms with E-state index in [1.165, 1.54) is 6.07 Å². The lowest BCUT2D eigenvalue weighted by Crippen LogP contribution is -2.50. The smallest absolute Gasteiger partial charge is 0.129 e. The van der Waals surface area contributed by atoms with Gasteiger partial charge in [0.2, 0.25) is 0 Å². The molecule has 114 valence electrons. The van der Waals surface area contributed by atoms with Crippen molar-refractivity contribution < 1.29 is 9.50 Å². The second-order valence-corrected chi connectivity index (χ2v) is 5.76. The quantitative estimate of drug-likeness (QED) is 0.852. The van der Waals surface area contributed by atoms with Crippen molar-refractivity contribution in [2.75, 3.05) is 13.1 Å². The molecule has 0 amide bonds. The Bertz CT molecular complexity index is 433. The first-order valence-corrected chi connectivity index (χ1v) is 7.51. The number of aryl methyl sites for hydroxylation is 2. The number of nitrogens with zero attached hydrogens (tertiary/aromatic N) is 1. The molecule has 0 heterocycles. The lowest BCUT2D eigenvalue weighted by atomic mass is 9.83. The highest BCUT2D eigenvalue weighted by atomic mass is 19.1. The lowest BCUT2D eigenvalue weighted by Gasteiger charge is -2.44. The number of rotatable bonds is 6. The Kier molecular flexibility index (Phi) is 5.72. The van der Waals surface area contributed by atoms with Gasteiger partial charge in [-0.15, -0.1) is 0 Å². The molecule has 2 unspecified atom stereocenters. The van der Waals surface area contributed by atoms with Crippen LogP contribution in [0.5, 0.6) is 0 Å². The molecule has 0 fully saturated rings. The highest BCUT2D eigenvalue weighted by molar-refractivity contribution is 5.35. The van der Waals surface area contributed by atoms with E-state index < -0.39 is 11.6 Å². The van der Waals surface area contributed by atoms with Crippen molar-refractivity contribution in [2.24, 2.45) is 0 Å². The third-order valence-corrected chi connectivity index (χ3v) is 4.54. The Morgan fingerprint density at radius 3 is 2.15 bits per heavy atom. The number of likely N-dealkylation sites (N-methyl/N-ethyl adjacent to an activating group) is 1. The summed E-state index contributed by atoms with van der Waals surface area (Å²) in [5.41, 5.74) is 1.69. The normalized spacial score (nSPS) is 16.2. The fourth-order valence-electron chi connectivity index (χ4n) is 3.12. The number of hydrogen-bond acceptors (Lipinski definition) is 2. The van der Waals surface area contributed by atoms with Crippen LogP contribution in [0.1, 0.15) is 56.9 Å². The molecule has 1 N–H and O–H groups in total. The van der Waals surface area contributed by atoms with Gasteiger partial charge in [0, 0.05) is 11.1 Å². The van der Waals surface area contributed by atoms with E-state index in [4.69, 9.17) is 0 Å². The van der Waals surface area contributed by atoms with Crippen LogP contribution < -0.4 is 0 Å². The molecule has 1 aromatic carbocycles. The first-order chi connectivity index (χ1) is 9.31. The maximum absolute atomic E-state index is 14.3. The average molecular weight is 281 g/mol. The Labute approximate surface area is 122 Å². The van der Waals surface area contributed by atoms with Crippen LogP contribution in [0.3, 0.4) is 0 Å². The van der Waals surface area contributed by atoms with Crippen LogP contribution in [0, 0.1) is 19.7 Å². The topological polar surface area (TPSA) is 23.5 Å². The van der Waals surface area contributed by atoms with Crippen LogP contribution >= 0.6 is 0 Å². The first-order valence-electron chi connectivity index (χ1n) is 7.51. The number of hydrogen-bond donors (Lipinski definition) is 1. The molecule has 1 rings (SSSR count). The van der Waals surface area contributed by atoms with Crippen LogP contribution in [-0.2, 0) is 0 Å². The van der Waals surface area contributed by atoms with Crippen molar-refractivity contribution in [1.82, 2.24) is 4.90 Å². The molecule has 2 atom stereocenters. The maximum Gasteiger partial charge on any atom is 0.129 e. The zero-order valence-electron chi connectivity index (χ0n) is 13.6. The molecule has 0 saturated carbocycles. The van der Waals surface area contributed by atoms with E-state index in [9.17, 15) is 9.50 Å². The molecule has 0 bridgehead atoms. The van der Waals surface area contributed by atoms with Crippen LogP contribution in [0.15, 0.2) is 12.1 Å². The van der Waals surface area contributed by atoms with Crippen molar-refractivity contribution in [2.45, 2.75) is 59.6 Å². The van der Waals surface area contributed by atoms with E-state index in [-0.39, 0.29) is 5.82 Å². The van der Waals surface area contributed by atoms with E-state index in [1.807, 2.05) is 33.8 Å². The third-order valence-electron chi connectivity index (χ3n) is 4.54. The van der Waals surface area contributed by atoms with Crippen LogP contribution in [-0.4, -0.2) is 28.6 Å². The second-order valence-electron chi connectivity index (χ2n) is 5.76. The summed E-state index contributed by atoms with van der Waals surface area (Å²) in [5.74, 6) is -0.304. The van der Waals surface area contributed by atoms with Crippen molar-refractivity contribution in [3.63, 3.8) is 0 Å². The summed E-state index contributed by atoms with van der Waals surface area (Å²) in [4.78, 5) is 2.20. The van der Waals surface area contributed by atoms with Crippen molar-refractivity contribution in [3.05, 3.63) is 34.6 Å². The van der Waals surface area contributed by atoms with Gasteiger partial charge in [0.15, 0.2) is 0 Å². The number of halogens is 1. The number of benzene rings is 1. The summed E-state index contributed by atoms with van der Waals surface area (Å²) in [5, 5.41) is 10.8. The van der Waals surface area contributed by atoms with Gasteiger partial charge in [-0.05, 0) is 57.5 Å². The van der Waals surface area contributed by atoms with E-state index in [2.05, 4.69) is 18.7 Å². The summed E-state index contributed by atoms with van der Waals surface area (Å²) in [6, 6.07) is 3.43. The predicted octanol–water partition coefficient (Wildman–Crippen LogP) is 3.99. The Balaban J connectivity index is 3.31. The Morgan fingerprint density at radius 1 is 1.20 bits per heavy atom. The van der Waals surface area contributed by atoms with Gasteiger partial charge < -0.3 is 5.11 Å². The van der Waals surface area contributed by atoms with Gasteiger partial charge in [-0.3, -0.25) is 4.90 Å². The van der Waals surface area contributed by atoms with Crippen molar-refractivity contribution >= 4 is 0 Å². The molecule has 3 heteroatoms. The minimum Gasteiger partial charge on any atom is -0.386 e. The fraction of sp³-hybridized carbons (Fsp3) is 0.647. The summed E-state index contributed by atoms with van der Waals surface area (Å²) in [6.45, 7) is 13.6. The van der Waals surface area contributed by atoms with Gasteiger partial charge in [0.1, 0.15) is 11.9 Å². The molecular formula is C17H28FNO. The van der Waals surface area contributed by atoms with E-state index in [0.29, 0.717) is 5.56 Å². The van der Waals surface area contributed by atoms with E-state index in [0.717, 1.165) is 30.6 Å². The SMILES string of the molecule is CCN(CC)C(C)(CC)C(O)c1c(C)cc(C)cc1F. The average Bonchev–Trinajstić information content (AvgIpc) is 2.38. The third kappa shape index (κ3) is 3.04. The van der Waals surface area contributed by atoms with Gasteiger partial charge in [-0.25, -0.2) is 4.39 Å². The van der Waals surface area contributed by atoms with E-state index in [1.54, 1.807) is 0 Å². The van der Waals surface area contributed by atoms with Gasteiger partial charge in [-0.2, -0.15) is 0 Å². The predicted molar refractivity (Wildman–Crippen MR) is 82.5 cm³/mol. The lowest BCUT2D eigenvalue weighted by molar-refractivity contribution is -0.0234. The number of aliphatic hydroxyl groups is 1. The standard InChI is InChI=1S/C17H28FNO/c1-7-17(6,19(8-2)9-3)16(20)15-13(5)10-12(4)11-14(15)18/h10-11,16,20H,7-9H2,1-6H3. The molecule has 0 saturated heterocycles. The van der Waals surface area contributed by atoms with Crippen molar-refractivity contribution in [3.8, 4) is 0 Å². The molecule has 1 aromatic rings. The maximum atomic E-state index is 14.3. The summed E-state index contributed by atoms with van der Waals surface area (Å²) in [6.07, 6.45) is -0.0595. The first kappa shape index (κ1) is 17.1. The molecule has 0 spiro atoms. The highest BCUT2D eigenvalue weighted by Crippen LogP contribution is 2.37. The zero-order valence-corrected chi connectivity index (χ0v) is 13.6. The highest BCUT2D eigenvalue weighted by Gasteiger charge is 2.38. The molecular weight excluding hydrogens is 253 g/mol. The van der Waals surface area contributed by atoms with E-state index >= 15 is 0 Å². The molecule has 0 radical (unpaired) electrons. The largest absolute Gasteiger partial charge is 0.386 e. The zero-order chi connectivity index (χ0) is 15.5. The van der Waals surface area contributed by atoms with Gasteiger partial charge >= 0.3 is 0 Å². The summed E-state index contributed by atoms with van der Waals surface area (Å²) in [7, 11) is 0. The van der Waals surface area contributed by atoms with Gasteiger partial charge in [0.25, 0.3) is 0 Å². The summed E-state index contributed by atoms with van der Waals surface area (Å²) < 4.78 is 14.3. The van der Waals surface area contributed by atoms with Gasteiger partial charge in [0.05, 0.1) is 0 Å². The van der Waals surface area contributed by atoms with Crippen LogP contribution in [0.4, 0.5) is 4.39 Å². The fourth-order valence-corrected chi connectivity index (χ4v) is 3.12. The Morgan fingerprint density at radius 2 is 1.75 bits per heavy atom. The van der Waals surface area contributed by atoms with Crippen molar-refractivity contribution in [1.29, 1.82) is 0 Å². The monoisotopic (exact) mass is 281 g/mol. The minimum atomic E-state index is -0.826. The van der Waals surface area contributed by atoms with Gasteiger partial charge in [-0.1, -0.05) is 26.8 Å². The molecule has 0 aromatic heterocycles. The minimum absolute atomic E-state index is 0.304. The molecule has 20 heavy (non-hydrogen) atoms. The Hall–Kier alpha value is -0.930. The summed E-state index contributed by atoms with van der Waals surface area (Å²) >= 11 is 0. The molecule has 0 aliphatic heterocycles.